The van der Waals surface area contributed by atoms with E-state index in [1.165, 1.54) is 29.2 Å². The second-order valence-electron chi connectivity index (χ2n) is 8.05. The summed E-state index contributed by atoms with van der Waals surface area (Å²) in [4.78, 5) is 27.7. The second kappa shape index (κ2) is 4.78. The minimum atomic E-state index is -0.373. The van der Waals surface area contributed by atoms with Gasteiger partial charge < -0.3 is 0 Å². The van der Waals surface area contributed by atoms with Crippen LogP contribution in [0.5, 0.6) is 0 Å². The van der Waals surface area contributed by atoms with Gasteiger partial charge in [0.05, 0.1) is 17.5 Å². The van der Waals surface area contributed by atoms with Gasteiger partial charge in [-0.05, 0) is 48.4 Å². The Labute approximate surface area is 141 Å². The molecule has 0 spiro atoms. The molecule has 1 saturated heterocycles. The molecule has 0 radical (unpaired) electrons. The van der Waals surface area contributed by atoms with Crippen molar-refractivity contribution in [3.05, 3.63) is 42.2 Å². The van der Waals surface area contributed by atoms with Crippen LogP contribution in [0.2, 0.25) is 0 Å². The van der Waals surface area contributed by atoms with Crippen molar-refractivity contribution in [1.82, 2.24) is 0 Å². The Balaban J connectivity index is 1.84. The van der Waals surface area contributed by atoms with Crippen LogP contribution < -0.4 is 4.90 Å². The smallest absolute Gasteiger partial charge is 0.238 e. The molecule has 4 heteroatoms. The van der Waals surface area contributed by atoms with Gasteiger partial charge in [0.25, 0.3) is 0 Å². The Morgan fingerprint density at radius 3 is 2.21 bits per heavy atom. The van der Waals surface area contributed by atoms with Crippen molar-refractivity contribution in [3.63, 3.8) is 0 Å². The fourth-order valence-electron chi connectivity index (χ4n) is 5.08. The summed E-state index contributed by atoms with van der Waals surface area (Å²) >= 11 is 0. The molecule has 3 nitrogen and oxygen atoms in total. The average Bonchev–Trinajstić information content (AvgIpc) is 2.83. The molecule has 4 aliphatic rings. The molecule has 126 valence electrons. The summed E-state index contributed by atoms with van der Waals surface area (Å²) in [6, 6.07) is 5.62. The lowest BCUT2D eigenvalue weighted by atomic mass is 9.46. The highest BCUT2D eigenvalue weighted by atomic mass is 19.1. The molecule has 1 heterocycles. The molecule has 0 unspecified atom stereocenters. The predicted molar refractivity (Wildman–Crippen MR) is 89.6 cm³/mol. The highest BCUT2D eigenvalue weighted by Gasteiger charge is 2.67. The molecule has 24 heavy (non-hydrogen) atoms. The van der Waals surface area contributed by atoms with E-state index in [-0.39, 0.29) is 46.2 Å². The third-order valence-electron chi connectivity index (χ3n) is 6.63. The largest absolute Gasteiger partial charge is 0.274 e. The van der Waals surface area contributed by atoms with Crippen molar-refractivity contribution in [2.75, 3.05) is 4.90 Å². The number of nitrogens with zero attached hydrogens (tertiary/aromatic N) is 1. The van der Waals surface area contributed by atoms with Crippen LogP contribution in [0.4, 0.5) is 10.1 Å². The van der Waals surface area contributed by atoms with Gasteiger partial charge in [0.1, 0.15) is 5.82 Å². The van der Waals surface area contributed by atoms with Crippen LogP contribution in [-0.4, -0.2) is 11.8 Å². The van der Waals surface area contributed by atoms with Gasteiger partial charge in [0.15, 0.2) is 0 Å². The number of anilines is 1. The maximum absolute atomic E-state index is 13.3. The number of carbonyl (C=O) groups excluding carboxylic acids is 2. The molecule has 2 bridgehead atoms. The molecular weight excluding hydrogens is 305 g/mol. The van der Waals surface area contributed by atoms with E-state index in [9.17, 15) is 14.0 Å². The van der Waals surface area contributed by atoms with E-state index in [2.05, 4.69) is 32.9 Å². The fraction of sp³-hybridized carbons (Fsp3) is 0.500. The van der Waals surface area contributed by atoms with E-state index in [0.717, 1.165) is 12.8 Å². The minimum absolute atomic E-state index is 0.124. The first-order chi connectivity index (χ1) is 11.3. The van der Waals surface area contributed by atoms with Crippen molar-refractivity contribution in [2.24, 2.45) is 28.6 Å². The van der Waals surface area contributed by atoms with Gasteiger partial charge >= 0.3 is 0 Å². The third-order valence-corrected chi connectivity index (χ3v) is 6.63. The number of fused-ring (bicyclic) bond motifs is 1. The topological polar surface area (TPSA) is 37.4 Å². The highest BCUT2D eigenvalue weighted by Crippen LogP contribution is 2.64. The van der Waals surface area contributed by atoms with Crippen molar-refractivity contribution < 1.29 is 14.0 Å². The summed E-state index contributed by atoms with van der Waals surface area (Å²) in [6.45, 7) is 6.35. The van der Waals surface area contributed by atoms with Gasteiger partial charge in [0.2, 0.25) is 11.8 Å². The molecule has 0 aromatic heterocycles. The summed E-state index contributed by atoms with van der Waals surface area (Å²) < 4.78 is 13.2. The first kappa shape index (κ1) is 15.6. The highest BCUT2D eigenvalue weighted by molar-refractivity contribution is 6.23. The zero-order chi connectivity index (χ0) is 17.3. The lowest BCUT2D eigenvalue weighted by Crippen LogP contribution is -2.53. The molecular formula is C20H22FNO2. The Morgan fingerprint density at radius 2 is 1.67 bits per heavy atom. The van der Waals surface area contributed by atoms with Crippen LogP contribution in [0.1, 0.15) is 33.6 Å². The summed E-state index contributed by atoms with van der Waals surface area (Å²) in [5, 5.41) is 0. The Morgan fingerprint density at radius 1 is 1.04 bits per heavy atom. The Bertz CT molecular complexity index is 753. The molecule has 2 fully saturated rings. The number of carbonyl (C=O) groups is 2. The number of hydrogen-bond acceptors (Lipinski definition) is 2. The summed E-state index contributed by atoms with van der Waals surface area (Å²) in [7, 11) is 0. The maximum atomic E-state index is 13.3. The average molecular weight is 327 g/mol. The van der Waals surface area contributed by atoms with E-state index in [1.54, 1.807) is 0 Å². The van der Waals surface area contributed by atoms with Crippen LogP contribution >= 0.6 is 0 Å². The van der Waals surface area contributed by atoms with Crippen LogP contribution in [0.25, 0.3) is 0 Å². The molecule has 1 saturated carbocycles. The van der Waals surface area contributed by atoms with Gasteiger partial charge in [-0.2, -0.15) is 0 Å². The molecule has 0 N–H and O–H groups in total. The van der Waals surface area contributed by atoms with Crippen LogP contribution in [0.3, 0.4) is 0 Å². The van der Waals surface area contributed by atoms with Gasteiger partial charge in [-0.15, -0.1) is 0 Å². The molecule has 1 aromatic rings. The second-order valence-corrected chi connectivity index (χ2v) is 8.05. The van der Waals surface area contributed by atoms with Crippen molar-refractivity contribution >= 4 is 17.5 Å². The standard InChI is InChI=1S/C20H22FNO2/c1-12(2)20-10-8-19(3,9-11-20)15-16(20)18(24)22(17(15)23)14-6-4-13(21)5-7-14/h4-8,10,12,15-16H,9,11H2,1-3H3/t15-,16+,19-,20-/m0/s1. The lowest BCUT2D eigenvalue weighted by molar-refractivity contribution is -0.135. The molecule has 4 atom stereocenters. The molecule has 1 aliphatic heterocycles. The van der Waals surface area contributed by atoms with Crippen molar-refractivity contribution in [2.45, 2.75) is 33.6 Å². The zero-order valence-electron chi connectivity index (χ0n) is 14.3. The Hall–Kier alpha value is -1.97. The van der Waals surface area contributed by atoms with Gasteiger partial charge in [-0.3, -0.25) is 9.59 Å². The molecule has 3 aliphatic carbocycles. The number of rotatable bonds is 2. The van der Waals surface area contributed by atoms with Crippen molar-refractivity contribution in [3.8, 4) is 0 Å². The van der Waals surface area contributed by atoms with E-state index in [4.69, 9.17) is 0 Å². The maximum Gasteiger partial charge on any atom is 0.238 e. The van der Waals surface area contributed by atoms with Gasteiger partial charge in [-0.1, -0.05) is 32.9 Å². The van der Waals surface area contributed by atoms with Crippen LogP contribution in [-0.2, 0) is 9.59 Å². The fourth-order valence-corrected chi connectivity index (χ4v) is 5.08. The zero-order valence-corrected chi connectivity index (χ0v) is 14.3. The first-order valence-electron chi connectivity index (χ1n) is 8.64. The number of hydrogen-bond donors (Lipinski definition) is 0. The monoisotopic (exact) mass is 327 g/mol. The number of halogens is 1. The number of imide groups is 1. The summed E-state index contributed by atoms with van der Waals surface area (Å²) in [6.07, 6.45) is 6.23. The number of amides is 2. The normalized spacial score (nSPS) is 37.5. The van der Waals surface area contributed by atoms with E-state index >= 15 is 0 Å². The van der Waals surface area contributed by atoms with Crippen molar-refractivity contribution in [1.29, 1.82) is 0 Å². The van der Waals surface area contributed by atoms with Gasteiger partial charge in [0, 0.05) is 5.41 Å². The lowest BCUT2D eigenvalue weighted by Gasteiger charge is -2.55. The predicted octanol–water partition coefficient (Wildman–Crippen LogP) is 3.94. The summed E-state index contributed by atoms with van der Waals surface area (Å²) in [5.41, 5.74) is -0.0324. The summed E-state index contributed by atoms with van der Waals surface area (Å²) in [5.74, 6) is -0.956. The van der Waals surface area contributed by atoms with Crippen LogP contribution in [0, 0.1) is 34.4 Å². The SMILES string of the molecule is CC(C)[C@]12C=C[C@@](C)(CC1)[C@@H]1C(=O)N(c3ccc(F)cc3)C(=O)[C@@H]12. The van der Waals surface area contributed by atoms with E-state index in [1.807, 2.05) is 0 Å². The van der Waals surface area contributed by atoms with Gasteiger partial charge in [-0.25, -0.2) is 9.29 Å². The quantitative estimate of drug-likeness (QED) is 0.609. The van der Waals surface area contributed by atoms with E-state index in [0.29, 0.717) is 5.69 Å². The molecule has 1 aromatic carbocycles. The minimum Gasteiger partial charge on any atom is -0.274 e. The van der Waals surface area contributed by atoms with Crippen LogP contribution in [0.15, 0.2) is 36.4 Å². The number of allylic oxidation sites excluding steroid dienone is 2. The molecule has 2 amide bonds. The molecule has 5 rings (SSSR count). The Kier molecular flexibility index (Phi) is 3.09. The third kappa shape index (κ3) is 1.77. The number of benzene rings is 1. The first-order valence-corrected chi connectivity index (χ1v) is 8.64. The van der Waals surface area contributed by atoms with E-state index < -0.39 is 0 Å².